The number of amides is 2. The number of anilines is 1. The van der Waals surface area contributed by atoms with Crippen molar-refractivity contribution in [1.29, 1.82) is 0 Å². The van der Waals surface area contributed by atoms with E-state index in [0.717, 1.165) is 22.3 Å². The first kappa shape index (κ1) is 19.3. The maximum Gasteiger partial charge on any atom is 0.239 e. The smallest absolute Gasteiger partial charge is 0.239 e. The van der Waals surface area contributed by atoms with Gasteiger partial charge in [0, 0.05) is 5.92 Å². The van der Waals surface area contributed by atoms with E-state index in [1.807, 2.05) is 54.6 Å². The van der Waals surface area contributed by atoms with E-state index >= 15 is 0 Å². The molecule has 0 radical (unpaired) electrons. The fourth-order valence-corrected chi connectivity index (χ4v) is 6.59. The van der Waals surface area contributed by atoms with Gasteiger partial charge >= 0.3 is 0 Å². The number of nitrogens with zero attached hydrogens (tertiary/aromatic N) is 1. The quantitative estimate of drug-likeness (QED) is 0.651. The minimum atomic E-state index is -0.990. The highest BCUT2D eigenvalue weighted by molar-refractivity contribution is 6.24. The molecule has 1 aliphatic heterocycles. The predicted molar refractivity (Wildman–Crippen MR) is 120 cm³/mol. The van der Waals surface area contributed by atoms with Crippen molar-refractivity contribution in [3.8, 4) is 5.75 Å². The summed E-state index contributed by atoms with van der Waals surface area (Å²) in [6, 6.07) is 23.0. The van der Waals surface area contributed by atoms with Crippen LogP contribution in [0.1, 0.15) is 35.1 Å². The van der Waals surface area contributed by atoms with Gasteiger partial charge in [-0.15, -0.1) is 0 Å². The van der Waals surface area contributed by atoms with Gasteiger partial charge in [-0.3, -0.25) is 9.59 Å². The molecule has 5 heteroatoms. The van der Waals surface area contributed by atoms with Crippen LogP contribution in [0, 0.1) is 11.8 Å². The standard InChI is InChI=1S/C27H23NO4/c1-15(29)27-18-11-5-3-9-16(18)22(17-10-4-6-12-19(17)27)23-24(27)26(31)28(25(23)30)20-13-7-8-14-21(20)32-2/h3-15,22-24,29H,1-2H3/t15-,22?,23-,24+,27?/m1/s1. The Balaban J connectivity index is 1.66. The number of hydrogen-bond donors (Lipinski definition) is 1. The number of ether oxygens (including phenoxy) is 1. The Labute approximate surface area is 186 Å². The number of para-hydroxylation sites is 2. The molecule has 0 saturated carbocycles. The molecule has 3 aliphatic carbocycles. The summed E-state index contributed by atoms with van der Waals surface area (Å²) in [6.07, 6.45) is -0.868. The van der Waals surface area contributed by atoms with Crippen LogP contribution in [0.2, 0.25) is 0 Å². The van der Waals surface area contributed by atoms with E-state index in [9.17, 15) is 14.7 Å². The molecule has 5 nitrogen and oxygen atoms in total. The largest absolute Gasteiger partial charge is 0.495 e. The van der Waals surface area contributed by atoms with Gasteiger partial charge in [-0.05, 0) is 41.3 Å². The van der Waals surface area contributed by atoms with Gasteiger partial charge in [0.15, 0.2) is 0 Å². The third kappa shape index (κ3) is 2.07. The SMILES string of the molecule is COc1ccccc1N1C(=O)[C@@H]2C3c4ccccc4C([C@@H](C)O)(c4ccccc43)[C@@H]2C1=O. The zero-order chi connectivity index (χ0) is 22.2. The molecule has 1 saturated heterocycles. The molecule has 2 amide bonds. The van der Waals surface area contributed by atoms with Gasteiger partial charge in [0.05, 0.1) is 36.2 Å². The van der Waals surface area contributed by atoms with Gasteiger partial charge in [-0.1, -0.05) is 60.7 Å². The molecule has 2 bridgehead atoms. The maximum atomic E-state index is 14.1. The zero-order valence-electron chi connectivity index (χ0n) is 17.9. The number of imide groups is 1. The summed E-state index contributed by atoms with van der Waals surface area (Å²) in [5, 5.41) is 11.3. The lowest BCUT2D eigenvalue weighted by Crippen LogP contribution is -2.58. The molecule has 7 rings (SSSR count). The number of carbonyl (C=O) groups is 2. The van der Waals surface area contributed by atoms with Crippen LogP contribution < -0.4 is 9.64 Å². The molecule has 3 atom stereocenters. The molecular formula is C27H23NO4. The number of benzene rings is 3. The number of rotatable bonds is 3. The van der Waals surface area contributed by atoms with Crippen molar-refractivity contribution in [3.05, 3.63) is 95.1 Å². The maximum absolute atomic E-state index is 14.1. The Kier molecular flexibility index (Phi) is 3.93. The summed E-state index contributed by atoms with van der Waals surface area (Å²) in [6.45, 7) is 1.74. The van der Waals surface area contributed by atoms with Crippen LogP contribution in [0.5, 0.6) is 5.75 Å². The van der Waals surface area contributed by atoms with Crippen LogP contribution in [0.25, 0.3) is 0 Å². The molecule has 1 heterocycles. The highest BCUT2D eigenvalue weighted by Crippen LogP contribution is 2.65. The highest BCUT2D eigenvalue weighted by atomic mass is 16.5. The van der Waals surface area contributed by atoms with Gasteiger partial charge in [0.1, 0.15) is 5.75 Å². The summed E-state index contributed by atoms with van der Waals surface area (Å²) in [4.78, 5) is 29.3. The van der Waals surface area contributed by atoms with Gasteiger partial charge in [0.25, 0.3) is 0 Å². The number of methoxy groups -OCH3 is 1. The summed E-state index contributed by atoms with van der Waals surface area (Å²) in [7, 11) is 1.53. The van der Waals surface area contributed by atoms with E-state index in [1.54, 1.807) is 25.1 Å². The predicted octanol–water partition coefficient (Wildman–Crippen LogP) is 3.63. The van der Waals surface area contributed by atoms with Crippen LogP contribution in [-0.2, 0) is 15.0 Å². The average molecular weight is 425 g/mol. The lowest BCUT2D eigenvalue weighted by atomic mass is 9.46. The number of carbonyl (C=O) groups excluding carboxylic acids is 2. The molecule has 3 aromatic rings. The Morgan fingerprint density at radius 2 is 1.44 bits per heavy atom. The van der Waals surface area contributed by atoms with Crippen molar-refractivity contribution in [2.24, 2.45) is 11.8 Å². The monoisotopic (exact) mass is 425 g/mol. The molecule has 0 unspecified atom stereocenters. The molecule has 0 spiro atoms. The van der Waals surface area contributed by atoms with Crippen molar-refractivity contribution in [3.63, 3.8) is 0 Å². The van der Waals surface area contributed by atoms with Crippen molar-refractivity contribution >= 4 is 17.5 Å². The second-order valence-electron chi connectivity index (χ2n) is 8.88. The molecule has 160 valence electrons. The molecule has 4 aliphatic rings. The highest BCUT2D eigenvalue weighted by Gasteiger charge is 2.69. The second kappa shape index (κ2) is 6.53. The van der Waals surface area contributed by atoms with E-state index in [0.29, 0.717) is 11.4 Å². The fourth-order valence-electron chi connectivity index (χ4n) is 6.59. The van der Waals surface area contributed by atoms with Crippen LogP contribution in [0.4, 0.5) is 5.69 Å². The molecule has 32 heavy (non-hydrogen) atoms. The minimum absolute atomic E-state index is 0.232. The van der Waals surface area contributed by atoms with Crippen molar-refractivity contribution in [2.75, 3.05) is 12.0 Å². The van der Waals surface area contributed by atoms with Crippen molar-refractivity contribution < 1.29 is 19.4 Å². The normalized spacial score (nSPS) is 28.2. The first-order valence-corrected chi connectivity index (χ1v) is 10.9. The van der Waals surface area contributed by atoms with Gasteiger partial charge in [-0.2, -0.15) is 0 Å². The molecule has 1 N–H and O–H groups in total. The lowest BCUT2D eigenvalue weighted by Gasteiger charge is -2.55. The first-order chi connectivity index (χ1) is 15.5. The fraction of sp³-hybridized carbons (Fsp3) is 0.259. The summed E-state index contributed by atoms with van der Waals surface area (Å²) in [5.74, 6) is -1.53. The Morgan fingerprint density at radius 3 is 2.03 bits per heavy atom. The lowest BCUT2D eigenvalue weighted by molar-refractivity contribution is -0.126. The number of hydrogen-bond acceptors (Lipinski definition) is 4. The third-order valence-corrected chi connectivity index (χ3v) is 7.67. The average Bonchev–Trinajstić information content (AvgIpc) is 3.09. The Morgan fingerprint density at radius 1 is 0.875 bits per heavy atom. The van der Waals surface area contributed by atoms with Crippen LogP contribution in [0.15, 0.2) is 72.8 Å². The van der Waals surface area contributed by atoms with E-state index in [-0.39, 0.29) is 17.7 Å². The van der Waals surface area contributed by atoms with E-state index < -0.39 is 23.4 Å². The van der Waals surface area contributed by atoms with Gasteiger partial charge in [0.2, 0.25) is 11.8 Å². The van der Waals surface area contributed by atoms with Crippen LogP contribution in [0.3, 0.4) is 0 Å². The van der Waals surface area contributed by atoms with Gasteiger partial charge < -0.3 is 9.84 Å². The van der Waals surface area contributed by atoms with E-state index in [1.165, 1.54) is 12.0 Å². The molecule has 0 aromatic heterocycles. The summed E-state index contributed by atoms with van der Waals surface area (Å²) < 4.78 is 5.48. The molecule has 3 aromatic carbocycles. The molecule has 1 fully saturated rings. The van der Waals surface area contributed by atoms with Crippen molar-refractivity contribution in [1.82, 2.24) is 0 Å². The van der Waals surface area contributed by atoms with Crippen LogP contribution in [-0.4, -0.2) is 30.1 Å². The summed E-state index contributed by atoms with van der Waals surface area (Å²) in [5.41, 5.74) is 3.40. The number of aliphatic hydroxyl groups is 1. The Hall–Kier alpha value is -3.44. The summed E-state index contributed by atoms with van der Waals surface area (Å²) >= 11 is 0. The van der Waals surface area contributed by atoms with E-state index in [2.05, 4.69) is 0 Å². The topological polar surface area (TPSA) is 66.8 Å². The molecular weight excluding hydrogens is 402 g/mol. The van der Waals surface area contributed by atoms with Crippen LogP contribution >= 0.6 is 0 Å². The van der Waals surface area contributed by atoms with E-state index in [4.69, 9.17) is 4.74 Å². The minimum Gasteiger partial charge on any atom is -0.495 e. The third-order valence-electron chi connectivity index (χ3n) is 7.67. The zero-order valence-corrected chi connectivity index (χ0v) is 17.9. The van der Waals surface area contributed by atoms with Crippen molar-refractivity contribution in [2.45, 2.75) is 24.4 Å². The number of aliphatic hydroxyl groups excluding tert-OH is 1. The van der Waals surface area contributed by atoms with Gasteiger partial charge in [-0.25, -0.2) is 4.90 Å². The Bertz CT molecular complexity index is 1230. The first-order valence-electron chi connectivity index (χ1n) is 10.9. The second-order valence-corrected chi connectivity index (χ2v) is 8.88.